The summed E-state index contributed by atoms with van der Waals surface area (Å²) in [6.45, 7) is 2.95. The minimum atomic E-state index is -3.90. The molecule has 3 aromatic rings. The Morgan fingerprint density at radius 3 is 2.14 bits per heavy atom. The van der Waals surface area contributed by atoms with E-state index in [-0.39, 0.29) is 17.5 Å². The van der Waals surface area contributed by atoms with Crippen molar-refractivity contribution in [1.82, 2.24) is 14.5 Å². The van der Waals surface area contributed by atoms with Crippen LogP contribution in [0.4, 0.5) is 0 Å². The Kier molecular flexibility index (Phi) is 8.60. The SMILES string of the molecule is CN1[CH]N(CCCOC(=O)c2ccc(S(=O)(=O)N[C@@H](c3ccccc3)[C@@H]([NH3+])c3ccccc3)cc2)C=C1. The fraction of sp³-hybridized carbons (Fsp3) is 0.214. The number of hydrogen-bond donors (Lipinski definition) is 2. The van der Waals surface area contributed by atoms with Gasteiger partial charge in [-0.1, -0.05) is 60.7 Å². The summed E-state index contributed by atoms with van der Waals surface area (Å²) in [6.07, 6.45) is 4.57. The first-order chi connectivity index (χ1) is 17.8. The maximum atomic E-state index is 13.3. The van der Waals surface area contributed by atoms with Crippen molar-refractivity contribution in [2.45, 2.75) is 23.4 Å². The van der Waals surface area contributed by atoms with Gasteiger partial charge in [0.1, 0.15) is 18.8 Å². The third-order valence-corrected chi connectivity index (χ3v) is 7.55. The first-order valence-electron chi connectivity index (χ1n) is 12.1. The number of quaternary nitrogens is 1. The first kappa shape index (κ1) is 26.4. The second-order valence-corrected chi connectivity index (χ2v) is 10.6. The van der Waals surface area contributed by atoms with E-state index in [1.165, 1.54) is 24.3 Å². The van der Waals surface area contributed by atoms with Crippen LogP contribution in [0.3, 0.4) is 0 Å². The molecule has 1 aliphatic heterocycles. The molecule has 0 spiro atoms. The van der Waals surface area contributed by atoms with Gasteiger partial charge in [0.15, 0.2) is 0 Å². The average molecular weight is 521 g/mol. The normalized spacial score (nSPS) is 15.0. The molecule has 4 rings (SSSR count). The van der Waals surface area contributed by atoms with E-state index >= 15 is 0 Å². The van der Waals surface area contributed by atoms with E-state index in [1.54, 1.807) is 0 Å². The van der Waals surface area contributed by atoms with Crippen LogP contribution in [-0.2, 0) is 14.8 Å². The maximum absolute atomic E-state index is 13.3. The molecule has 0 saturated carbocycles. The molecule has 1 aliphatic rings. The van der Waals surface area contributed by atoms with Gasteiger partial charge in [0.25, 0.3) is 0 Å². The highest BCUT2D eigenvalue weighted by molar-refractivity contribution is 7.89. The Morgan fingerprint density at radius 2 is 1.54 bits per heavy atom. The van der Waals surface area contributed by atoms with Crippen molar-refractivity contribution in [3.05, 3.63) is 121 Å². The molecule has 0 bridgehead atoms. The molecule has 0 aliphatic carbocycles. The largest absolute Gasteiger partial charge is 0.462 e. The van der Waals surface area contributed by atoms with E-state index in [4.69, 9.17) is 4.74 Å². The van der Waals surface area contributed by atoms with Crippen molar-refractivity contribution >= 4 is 16.0 Å². The molecule has 0 fully saturated rings. The van der Waals surface area contributed by atoms with E-state index in [0.717, 1.165) is 17.7 Å². The number of sulfonamides is 1. The minimum Gasteiger partial charge on any atom is -0.462 e. The lowest BCUT2D eigenvalue weighted by Crippen LogP contribution is -2.59. The summed E-state index contributed by atoms with van der Waals surface area (Å²) in [5.74, 6) is -0.487. The number of nitrogens with one attached hydrogen (secondary N) is 1. The van der Waals surface area contributed by atoms with Gasteiger partial charge < -0.3 is 20.3 Å². The van der Waals surface area contributed by atoms with Crippen LogP contribution in [-0.4, -0.2) is 44.4 Å². The molecular weight excluding hydrogens is 488 g/mol. The molecule has 193 valence electrons. The van der Waals surface area contributed by atoms with E-state index < -0.39 is 22.0 Å². The van der Waals surface area contributed by atoms with Gasteiger partial charge in [-0.25, -0.2) is 13.2 Å². The summed E-state index contributed by atoms with van der Waals surface area (Å²) < 4.78 is 34.8. The van der Waals surface area contributed by atoms with Gasteiger partial charge >= 0.3 is 5.97 Å². The zero-order valence-electron chi connectivity index (χ0n) is 20.7. The maximum Gasteiger partial charge on any atom is 0.338 e. The number of esters is 1. The third-order valence-electron chi connectivity index (χ3n) is 6.09. The fourth-order valence-electron chi connectivity index (χ4n) is 4.07. The number of nitrogens with zero attached hydrogens (tertiary/aromatic N) is 2. The highest BCUT2D eigenvalue weighted by Gasteiger charge is 2.30. The standard InChI is InChI=1S/C28H31N4O4S/c1-31-18-19-32(21-31)17-8-20-36-28(33)24-13-15-25(16-14-24)37(34,35)30-27(23-11-6-3-7-12-23)26(29)22-9-4-2-5-10-22/h2-7,9-16,18-19,21,26-27,30H,8,17,20,29H2,1H3/p+1/t26-,27-/m0/s1. The molecular formula is C28H32N4O4S+. The number of benzene rings is 3. The van der Waals surface area contributed by atoms with Crippen LogP contribution in [0.25, 0.3) is 0 Å². The summed E-state index contributed by atoms with van der Waals surface area (Å²) in [7, 11) is -1.96. The highest BCUT2D eigenvalue weighted by Crippen LogP contribution is 2.27. The van der Waals surface area contributed by atoms with Gasteiger partial charge in [-0.3, -0.25) is 0 Å². The smallest absolute Gasteiger partial charge is 0.338 e. The van der Waals surface area contributed by atoms with E-state index in [9.17, 15) is 13.2 Å². The monoisotopic (exact) mass is 520 g/mol. The zero-order valence-corrected chi connectivity index (χ0v) is 21.6. The van der Waals surface area contributed by atoms with Crippen LogP contribution < -0.4 is 10.5 Å². The van der Waals surface area contributed by atoms with Gasteiger partial charge in [0.05, 0.1) is 17.1 Å². The Bertz CT molecular complexity index is 1300. The van der Waals surface area contributed by atoms with E-state index in [1.807, 2.05) is 96.6 Å². The van der Waals surface area contributed by atoms with Gasteiger partial charge in [-0.05, 0) is 36.2 Å². The van der Waals surface area contributed by atoms with Crippen molar-refractivity contribution < 1.29 is 23.7 Å². The molecule has 0 aromatic heterocycles. The van der Waals surface area contributed by atoms with Gasteiger partial charge in [-0.15, -0.1) is 0 Å². The van der Waals surface area contributed by atoms with Crippen LogP contribution in [0, 0.1) is 6.67 Å². The molecule has 2 atom stereocenters. The van der Waals surface area contributed by atoms with Crippen LogP contribution in [0.2, 0.25) is 0 Å². The molecule has 8 nitrogen and oxygen atoms in total. The lowest BCUT2D eigenvalue weighted by Gasteiger charge is -2.23. The van der Waals surface area contributed by atoms with Crippen LogP contribution in [0.15, 0.2) is 102 Å². The number of ether oxygens (including phenoxy) is 1. The first-order valence-corrected chi connectivity index (χ1v) is 13.6. The highest BCUT2D eigenvalue weighted by atomic mass is 32.2. The summed E-state index contributed by atoms with van der Waals surface area (Å²) in [6, 6.07) is 23.8. The molecule has 0 unspecified atom stereocenters. The predicted octanol–water partition coefficient (Wildman–Crippen LogP) is 3.07. The average Bonchev–Trinajstić information content (AvgIpc) is 3.35. The van der Waals surface area contributed by atoms with Gasteiger partial charge in [0, 0.05) is 31.6 Å². The summed E-state index contributed by atoms with van der Waals surface area (Å²) in [5, 5.41) is 0. The molecule has 9 heteroatoms. The Morgan fingerprint density at radius 1 is 0.919 bits per heavy atom. The summed E-state index contributed by atoms with van der Waals surface area (Å²) >= 11 is 0. The number of hydrogen-bond acceptors (Lipinski definition) is 6. The van der Waals surface area contributed by atoms with Crippen molar-refractivity contribution in [1.29, 1.82) is 0 Å². The third kappa shape index (κ3) is 6.97. The number of carbonyl (C=O) groups excluding carboxylic acids is 1. The molecule has 1 heterocycles. The van der Waals surface area contributed by atoms with Crippen molar-refractivity contribution in [3.63, 3.8) is 0 Å². The lowest BCUT2D eigenvalue weighted by atomic mass is 9.95. The molecule has 1 radical (unpaired) electrons. The van der Waals surface area contributed by atoms with Crippen LogP contribution in [0.1, 0.15) is 40.0 Å². The number of rotatable bonds is 11. The second-order valence-electron chi connectivity index (χ2n) is 8.86. The minimum absolute atomic E-state index is 0.0609. The Balaban J connectivity index is 1.40. The quantitative estimate of drug-likeness (QED) is 0.297. The zero-order chi connectivity index (χ0) is 26.3. The Hall–Kier alpha value is -3.66. The Labute approximate surface area is 218 Å². The molecule has 0 amide bonds. The topological polar surface area (TPSA) is 107 Å². The van der Waals surface area contributed by atoms with E-state index in [2.05, 4.69) is 10.5 Å². The number of carbonyl (C=O) groups is 1. The molecule has 37 heavy (non-hydrogen) atoms. The lowest BCUT2D eigenvalue weighted by molar-refractivity contribution is -0.433. The second kappa shape index (κ2) is 12.1. The van der Waals surface area contributed by atoms with Crippen LogP contribution >= 0.6 is 0 Å². The van der Waals surface area contributed by atoms with Crippen molar-refractivity contribution in [2.75, 3.05) is 20.2 Å². The summed E-state index contributed by atoms with van der Waals surface area (Å²) in [5.41, 5.74) is 6.29. The van der Waals surface area contributed by atoms with Crippen molar-refractivity contribution in [2.24, 2.45) is 0 Å². The van der Waals surface area contributed by atoms with Crippen molar-refractivity contribution in [3.8, 4) is 0 Å². The van der Waals surface area contributed by atoms with Gasteiger partial charge in [-0.2, -0.15) is 4.72 Å². The summed E-state index contributed by atoms with van der Waals surface area (Å²) in [4.78, 5) is 16.4. The molecule has 0 saturated heterocycles. The fourth-order valence-corrected chi connectivity index (χ4v) is 5.34. The molecule has 3 aromatic carbocycles. The molecule has 4 N–H and O–H groups in total. The predicted molar refractivity (Wildman–Crippen MR) is 141 cm³/mol. The van der Waals surface area contributed by atoms with Crippen LogP contribution in [0.5, 0.6) is 0 Å². The van der Waals surface area contributed by atoms with Gasteiger partial charge in [0.2, 0.25) is 10.0 Å². The van der Waals surface area contributed by atoms with E-state index in [0.29, 0.717) is 12.0 Å².